The number of aromatic amines is 1. The van der Waals surface area contributed by atoms with E-state index < -0.39 is 0 Å². The highest BCUT2D eigenvalue weighted by atomic mass is 32.2. The first kappa shape index (κ1) is 16.9. The highest BCUT2D eigenvalue weighted by molar-refractivity contribution is 7.99. The number of Topliss-reactive ketones (excluding diaryl/α,β-unsaturated/α-hetero) is 1. The fourth-order valence-electron chi connectivity index (χ4n) is 2.56. The molecule has 0 radical (unpaired) electrons. The largest absolute Gasteiger partial charge is 0.294 e. The van der Waals surface area contributed by atoms with Crippen LogP contribution >= 0.6 is 23.1 Å². The van der Waals surface area contributed by atoms with Gasteiger partial charge in [-0.15, -0.1) is 16.4 Å². The summed E-state index contributed by atoms with van der Waals surface area (Å²) in [6, 6.07) is 1.93. The number of aromatic nitrogens is 5. The molecule has 8 heteroatoms. The smallest absolute Gasteiger partial charge is 0.208 e. The quantitative estimate of drug-likeness (QED) is 0.514. The van der Waals surface area contributed by atoms with Crippen molar-refractivity contribution in [3.63, 3.8) is 0 Å². The molecule has 6 nitrogen and oxygen atoms in total. The second kappa shape index (κ2) is 7.31. The van der Waals surface area contributed by atoms with Crippen LogP contribution in [0.15, 0.2) is 22.8 Å². The molecule has 0 spiro atoms. The second-order valence-corrected chi connectivity index (χ2v) is 7.28. The lowest BCUT2D eigenvalue weighted by atomic mass is 10.2. The van der Waals surface area contributed by atoms with E-state index in [9.17, 15) is 4.79 Å². The van der Waals surface area contributed by atoms with Crippen LogP contribution in [-0.2, 0) is 6.42 Å². The maximum atomic E-state index is 12.6. The summed E-state index contributed by atoms with van der Waals surface area (Å²) >= 11 is 2.92. The molecule has 3 aromatic heterocycles. The molecule has 0 aliphatic carbocycles. The van der Waals surface area contributed by atoms with Crippen molar-refractivity contribution in [1.29, 1.82) is 0 Å². The van der Waals surface area contributed by atoms with Crippen molar-refractivity contribution < 1.29 is 4.79 Å². The van der Waals surface area contributed by atoms with Gasteiger partial charge in [0.15, 0.2) is 10.9 Å². The maximum Gasteiger partial charge on any atom is 0.208 e. The number of carbonyl (C=O) groups excluding carboxylic acids is 1. The zero-order valence-electron chi connectivity index (χ0n) is 13.9. The van der Waals surface area contributed by atoms with E-state index in [1.54, 1.807) is 17.5 Å². The van der Waals surface area contributed by atoms with Gasteiger partial charge in [0.2, 0.25) is 5.16 Å². The van der Waals surface area contributed by atoms with Crippen LogP contribution in [0.1, 0.15) is 40.9 Å². The molecule has 24 heavy (non-hydrogen) atoms. The van der Waals surface area contributed by atoms with Crippen LogP contribution in [0, 0.1) is 13.8 Å². The molecule has 3 heterocycles. The van der Waals surface area contributed by atoms with Gasteiger partial charge in [-0.25, -0.2) is 9.97 Å². The summed E-state index contributed by atoms with van der Waals surface area (Å²) in [4.78, 5) is 21.3. The average molecular weight is 361 g/mol. The number of nitrogens with zero attached hydrogens (tertiary/aromatic N) is 4. The molecular weight excluding hydrogens is 342 g/mol. The van der Waals surface area contributed by atoms with Crippen molar-refractivity contribution in [2.24, 2.45) is 0 Å². The van der Waals surface area contributed by atoms with Crippen LogP contribution in [0.5, 0.6) is 0 Å². The van der Waals surface area contributed by atoms with Crippen molar-refractivity contribution in [1.82, 2.24) is 24.7 Å². The van der Waals surface area contributed by atoms with Gasteiger partial charge in [0.1, 0.15) is 5.82 Å². The molecule has 0 aliphatic rings. The van der Waals surface area contributed by atoms with Gasteiger partial charge in [-0.1, -0.05) is 18.7 Å². The minimum absolute atomic E-state index is 0.0812. The maximum absolute atomic E-state index is 12.6. The molecule has 0 aliphatic heterocycles. The average Bonchev–Trinajstić information content (AvgIpc) is 3.27. The van der Waals surface area contributed by atoms with Crippen LogP contribution in [0.4, 0.5) is 0 Å². The molecule has 0 saturated heterocycles. The molecule has 0 bridgehead atoms. The SMILES string of the molecule is CCCc1nc(SCC(=O)c2cc(C)n(-c3nccs3)c2C)n[nH]1. The number of ketones is 1. The monoisotopic (exact) mass is 361 g/mol. The Morgan fingerprint density at radius 2 is 2.25 bits per heavy atom. The summed E-state index contributed by atoms with van der Waals surface area (Å²) in [7, 11) is 0. The third-order valence-electron chi connectivity index (χ3n) is 3.67. The van der Waals surface area contributed by atoms with Crippen molar-refractivity contribution in [2.45, 2.75) is 38.8 Å². The second-order valence-electron chi connectivity index (χ2n) is 5.46. The van der Waals surface area contributed by atoms with Gasteiger partial charge in [0, 0.05) is 34.9 Å². The Morgan fingerprint density at radius 1 is 1.42 bits per heavy atom. The number of thioether (sulfide) groups is 1. The number of hydrogen-bond donors (Lipinski definition) is 1. The molecule has 0 fully saturated rings. The number of nitrogens with one attached hydrogen (secondary N) is 1. The fourth-order valence-corrected chi connectivity index (χ4v) is 4.02. The molecular formula is C16H19N5OS2. The topological polar surface area (TPSA) is 76.5 Å². The minimum Gasteiger partial charge on any atom is -0.294 e. The molecule has 0 saturated carbocycles. The van der Waals surface area contributed by atoms with Gasteiger partial charge in [0.05, 0.1) is 5.75 Å². The molecule has 126 valence electrons. The first-order chi connectivity index (χ1) is 11.6. The van der Waals surface area contributed by atoms with Gasteiger partial charge in [-0.2, -0.15) is 0 Å². The number of H-pyrrole nitrogens is 1. The Labute approximate surface area is 148 Å². The van der Waals surface area contributed by atoms with E-state index in [1.165, 1.54) is 11.8 Å². The van der Waals surface area contributed by atoms with Crippen LogP contribution in [0.25, 0.3) is 5.13 Å². The summed E-state index contributed by atoms with van der Waals surface area (Å²) in [5.41, 5.74) is 2.67. The lowest BCUT2D eigenvalue weighted by molar-refractivity contribution is 0.102. The highest BCUT2D eigenvalue weighted by Gasteiger charge is 2.18. The minimum atomic E-state index is 0.0812. The van der Waals surface area contributed by atoms with E-state index >= 15 is 0 Å². The third-order valence-corrected chi connectivity index (χ3v) is 5.28. The third kappa shape index (κ3) is 3.44. The van der Waals surface area contributed by atoms with E-state index in [0.29, 0.717) is 10.9 Å². The van der Waals surface area contributed by atoms with E-state index in [0.717, 1.165) is 40.7 Å². The summed E-state index contributed by atoms with van der Waals surface area (Å²) in [6.07, 6.45) is 3.66. The summed E-state index contributed by atoms with van der Waals surface area (Å²) in [6.45, 7) is 6.04. The number of thiazole rings is 1. The predicted octanol–water partition coefficient (Wildman–Crippen LogP) is 3.60. The van der Waals surface area contributed by atoms with Gasteiger partial charge in [0.25, 0.3) is 0 Å². The lowest BCUT2D eigenvalue weighted by Crippen LogP contribution is -2.05. The first-order valence-corrected chi connectivity index (χ1v) is 9.62. The molecule has 3 rings (SSSR count). The fraction of sp³-hybridized carbons (Fsp3) is 0.375. The Balaban J connectivity index is 1.72. The van der Waals surface area contributed by atoms with E-state index in [-0.39, 0.29) is 5.78 Å². The first-order valence-electron chi connectivity index (χ1n) is 7.76. The Hall–Kier alpha value is -1.93. The summed E-state index contributed by atoms with van der Waals surface area (Å²) in [5.74, 6) is 1.28. The van der Waals surface area contributed by atoms with Crippen LogP contribution in [0.2, 0.25) is 0 Å². The van der Waals surface area contributed by atoms with Crippen molar-refractivity contribution >= 4 is 28.9 Å². The van der Waals surface area contributed by atoms with Gasteiger partial charge in [-0.05, 0) is 26.3 Å². The van der Waals surface area contributed by atoms with E-state index in [4.69, 9.17) is 0 Å². The zero-order chi connectivity index (χ0) is 17.1. The lowest BCUT2D eigenvalue weighted by Gasteiger charge is -2.05. The van der Waals surface area contributed by atoms with Crippen molar-refractivity contribution in [2.75, 3.05) is 5.75 Å². The zero-order valence-corrected chi connectivity index (χ0v) is 15.5. The Bertz CT molecular complexity index is 835. The predicted molar refractivity (Wildman–Crippen MR) is 96.3 cm³/mol. The molecule has 0 amide bonds. The molecule has 0 aromatic carbocycles. The van der Waals surface area contributed by atoms with Gasteiger partial charge >= 0.3 is 0 Å². The van der Waals surface area contributed by atoms with Gasteiger partial charge in [-0.3, -0.25) is 14.5 Å². The van der Waals surface area contributed by atoms with Crippen molar-refractivity contribution in [3.8, 4) is 5.13 Å². The normalized spacial score (nSPS) is 11.1. The summed E-state index contributed by atoms with van der Waals surface area (Å²) < 4.78 is 2.02. The molecule has 1 N–H and O–H groups in total. The van der Waals surface area contributed by atoms with E-state index in [1.807, 2.05) is 29.9 Å². The van der Waals surface area contributed by atoms with Crippen LogP contribution in [-0.4, -0.2) is 36.3 Å². The number of aryl methyl sites for hydroxylation is 2. The van der Waals surface area contributed by atoms with Gasteiger partial charge < -0.3 is 0 Å². The molecule has 0 atom stereocenters. The van der Waals surface area contributed by atoms with Crippen molar-refractivity contribution in [3.05, 3.63) is 40.4 Å². The van der Waals surface area contributed by atoms with Crippen LogP contribution < -0.4 is 0 Å². The summed E-state index contributed by atoms with van der Waals surface area (Å²) in [5, 5.41) is 10.5. The van der Waals surface area contributed by atoms with Crippen LogP contribution in [0.3, 0.4) is 0 Å². The Morgan fingerprint density at radius 3 is 2.96 bits per heavy atom. The Kier molecular flexibility index (Phi) is 5.15. The number of carbonyl (C=O) groups is 1. The number of rotatable bonds is 7. The standard InChI is InChI=1S/C16H19N5OS2/c1-4-5-14-18-15(20-19-14)24-9-13(22)12-8-10(2)21(11(12)3)16-17-6-7-23-16/h6-8H,4-5,9H2,1-3H3,(H,18,19,20). The number of hydrogen-bond acceptors (Lipinski definition) is 6. The molecule has 0 unspecified atom stereocenters. The molecule has 3 aromatic rings. The highest BCUT2D eigenvalue weighted by Crippen LogP contribution is 2.24. The van der Waals surface area contributed by atoms with E-state index in [2.05, 4.69) is 27.1 Å².